The first-order chi connectivity index (χ1) is 13.1. The van der Waals surface area contributed by atoms with Crippen molar-refractivity contribution in [2.24, 2.45) is 5.73 Å². The largest absolute Gasteiger partial charge is 0.370 e. The maximum atomic E-state index is 12.6. The Morgan fingerprint density at radius 3 is 2.37 bits per heavy atom. The molecule has 0 saturated carbocycles. The van der Waals surface area contributed by atoms with Gasteiger partial charge in [0.2, 0.25) is 11.8 Å². The molecule has 3 aromatic carbocycles. The number of carbonyl (C=O) groups excluding carboxylic acids is 2. The van der Waals surface area contributed by atoms with Crippen LogP contribution in [0.5, 0.6) is 0 Å². The monoisotopic (exact) mass is 361 g/mol. The summed E-state index contributed by atoms with van der Waals surface area (Å²) in [5.41, 5.74) is 7.15. The van der Waals surface area contributed by atoms with Crippen molar-refractivity contribution in [2.75, 3.05) is 18.4 Å². The van der Waals surface area contributed by atoms with Crippen LogP contribution in [0, 0.1) is 0 Å². The van der Waals surface area contributed by atoms with Gasteiger partial charge in [-0.25, -0.2) is 0 Å². The molecule has 0 aliphatic heterocycles. The summed E-state index contributed by atoms with van der Waals surface area (Å²) in [6.45, 7) is 1.20. The Bertz CT molecular complexity index is 920. The molecule has 138 valence electrons. The SMILES string of the molecule is NC(=O)CCN(CC(=O)Nc1cccc2ccccc12)Cc1ccccc1. The molecule has 0 saturated heterocycles. The number of nitrogens with two attached hydrogens (primary N) is 1. The molecule has 0 aliphatic rings. The Morgan fingerprint density at radius 1 is 0.889 bits per heavy atom. The van der Waals surface area contributed by atoms with E-state index >= 15 is 0 Å². The number of anilines is 1. The fourth-order valence-corrected chi connectivity index (χ4v) is 3.05. The van der Waals surface area contributed by atoms with Crippen molar-refractivity contribution >= 4 is 28.3 Å². The van der Waals surface area contributed by atoms with E-state index in [2.05, 4.69) is 5.32 Å². The summed E-state index contributed by atoms with van der Waals surface area (Å²) in [5.74, 6) is -0.491. The summed E-state index contributed by atoms with van der Waals surface area (Å²) in [6.07, 6.45) is 0.217. The van der Waals surface area contributed by atoms with Gasteiger partial charge in [0, 0.05) is 30.6 Å². The zero-order valence-electron chi connectivity index (χ0n) is 15.1. The number of rotatable bonds is 8. The number of carbonyl (C=O) groups is 2. The van der Waals surface area contributed by atoms with Crippen molar-refractivity contribution in [3.63, 3.8) is 0 Å². The third kappa shape index (κ3) is 5.39. The minimum Gasteiger partial charge on any atom is -0.370 e. The van der Waals surface area contributed by atoms with E-state index in [1.807, 2.05) is 77.7 Å². The lowest BCUT2D eigenvalue weighted by atomic mass is 10.1. The van der Waals surface area contributed by atoms with Gasteiger partial charge in [-0.3, -0.25) is 14.5 Å². The van der Waals surface area contributed by atoms with Crippen LogP contribution in [0.25, 0.3) is 10.8 Å². The van der Waals surface area contributed by atoms with Gasteiger partial charge in [0.25, 0.3) is 0 Å². The van der Waals surface area contributed by atoms with Crippen LogP contribution in [-0.4, -0.2) is 29.8 Å². The van der Waals surface area contributed by atoms with Gasteiger partial charge in [0.15, 0.2) is 0 Å². The predicted molar refractivity (Wildman–Crippen MR) is 108 cm³/mol. The van der Waals surface area contributed by atoms with Crippen LogP contribution < -0.4 is 11.1 Å². The summed E-state index contributed by atoms with van der Waals surface area (Å²) < 4.78 is 0. The highest BCUT2D eigenvalue weighted by molar-refractivity contribution is 6.02. The molecule has 3 rings (SSSR count). The maximum absolute atomic E-state index is 12.6. The van der Waals surface area contributed by atoms with Crippen molar-refractivity contribution in [2.45, 2.75) is 13.0 Å². The van der Waals surface area contributed by atoms with Crippen molar-refractivity contribution in [1.29, 1.82) is 0 Å². The lowest BCUT2D eigenvalue weighted by Crippen LogP contribution is -2.35. The maximum Gasteiger partial charge on any atom is 0.238 e. The first-order valence-electron chi connectivity index (χ1n) is 8.94. The van der Waals surface area contributed by atoms with E-state index in [9.17, 15) is 9.59 Å². The number of hydrogen-bond donors (Lipinski definition) is 2. The summed E-state index contributed by atoms with van der Waals surface area (Å²) in [7, 11) is 0. The zero-order chi connectivity index (χ0) is 19.1. The molecule has 3 aromatic rings. The molecular formula is C22H23N3O2. The first-order valence-corrected chi connectivity index (χ1v) is 8.94. The van der Waals surface area contributed by atoms with E-state index < -0.39 is 0 Å². The van der Waals surface area contributed by atoms with Crippen molar-refractivity contribution in [1.82, 2.24) is 4.90 Å². The van der Waals surface area contributed by atoms with E-state index in [1.54, 1.807) is 0 Å². The Labute approximate surface area is 158 Å². The van der Waals surface area contributed by atoms with Gasteiger partial charge in [-0.05, 0) is 17.0 Å². The molecule has 0 spiro atoms. The Morgan fingerprint density at radius 2 is 1.59 bits per heavy atom. The second-order valence-electron chi connectivity index (χ2n) is 6.49. The number of nitrogens with one attached hydrogen (secondary N) is 1. The average Bonchev–Trinajstić information content (AvgIpc) is 2.67. The highest BCUT2D eigenvalue weighted by Crippen LogP contribution is 2.22. The van der Waals surface area contributed by atoms with E-state index in [4.69, 9.17) is 5.73 Å². The Balaban J connectivity index is 1.70. The topological polar surface area (TPSA) is 75.4 Å². The molecule has 2 amide bonds. The number of fused-ring (bicyclic) bond motifs is 1. The summed E-state index contributed by atoms with van der Waals surface area (Å²) in [6, 6.07) is 23.6. The van der Waals surface area contributed by atoms with Crippen LogP contribution in [0.4, 0.5) is 5.69 Å². The normalized spacial score (nSPS) is 10.9. The second kappa shape index (κ2) is 8.96. The number of nitrogens with zero attached hydrogens (tertiary/aromatic N) is 1. The molecule has 0 unspecified atom stereocenters. The van der Waals surface area contributed by atoms with Gasteiger partial charge in [-0.2, -0.15) is 0 Å². The highest BCUT2D eigenvalue weighted by atomic mass is 16.2. The molecule has 0 heterocycles. The number of hydrogen-bond acceptors (Lipinski definition) is 3. The van der Waals surface area contributed by atoms with E-state index in [-0.39, 0.29) is 24.8 Å². The molecule has 0 radical (unpaired) electrons. The van der Waals surface area contributed by atoms with E-state index in [0.29, 0.717) is 13.1 Å². The Kier molecular flexibility index (Phi) is 6.18. The smallest absolute Gasteiger partial charge is 0.238 e. The van der Waals surface area contributed by atoms with E-state index in [0.717, 1.165) is 22.0 Å². The van der Waals surface area contributed by atoms with Gasteiger partial charge in [-0.1, -0.05) is 66.7 Å². The van der Waals surface area contributed by atoms with Gasteiger partial charge in [-0.15, -0.1) is 0 Å². The van der Waals surface area contributed by atoms with Crippen LogP contribution in [0.15, 0.2) is 72.8 Å². The standard InChI is InChI=1S/C22H23N3O2/c23-21(26)13-14-25(15-17-7-2-1-3-8-17)16-22(27)24-20-12-6-10-18-9-4-5-11-19(18)20/h1-12H,13-16H2,(H2,23,26)(H,24,27). The summed E-state index contributed by atoms with van der Waals surface area (Å²) in [4.78, 5) is 25.7. The minimum absolute atomic E-state index is 0.119. The molecule has 0 atom stereocenters. The highest BCUT2D eigenvalue weighted by Gasteiger charge is 2.13. The van der Waals surface area contributed by atoms with Gasteiger partial charge >= 0.3 is 0 Å². The lowest BCUT2D eigenvalue weighted by Gasteiger charge is -2.21. The summed E-state index contributed by atoms with van der Waals surface area (Å²) in [5, 5.41) is 5.07. The lowest BCUT2D eigenvalue weighted by molar-refractivity contribution is -0.120. The zero-order valence-corrected chi connectivity index (χ0v) is 15.1. The molecule has 27 heavy (non-hydrogen) atoms. The van der Waals surface area contributed by atoms with Crippen LogP contribution in [0.1, 0.15) is 12.0 Å². The fourth-order valence-electron chi connectivity index (χ4n) is 3.05. The van der Waals surface area contributed by atoms with E-state index in [1.165, 1.54) is 0 Å². The van der Waals surface area contributed by atoms with Crippen molar-refractivity contribution in [3.8, 4) is 0 Å². The molecule has 0 fully saturated rings. The number of amides is 2. The molecule has 0 aliphatic carbocycles. The second-order valence-corrected chi connectivity index (χ2v) is 6.49. The van der Waals surface area contributed by atoms with Gasteiger partial charge in [0.1, 0.15) is 0 Å². The van der Waals surface area contributed by atoms with Gasteiger partial charge in [0.05, 0.1) is 6.54 Å². The molecule has 5 nitrogen and oxygen atoms in total. The van der Waals surface area contributed by atoms with Gasteiger partial charge < -0.3 is 11.1 Å². The molecule has 0 bridgehead atoms. The molecule has 3 N–H and O–H groups in total. The first kappa shape index (κ1) is 18.6. The third-order valence-corrected chi connectivity index (χ3v) is 4.35. The molecule has 0 aromatic heterocycles. The number of benzene rings is 3. The van der Waals surface area contributed by atoms with Crippen molar-refractivity contribution < 1.29 is 9.59 Å². The fraction of sp³-hybridized carbons (Fsp3) is 0.182. The van der Waals surface area contributed by atoms with Crippen LogP contribution >= 0.6 is 0 Å². The minimum atomic E-state index is -0.373. The van der Waals surface area contributed by atoms with Crippen molar-refractivity contribution in [3.05, 3.63) is 78.4 Å². The molecular weight excluding hydrogens is 338 g/mol. The quantitative estimate of drug-likeness (QED) is 0.647. The average molecular weight is 361 g/mol. The molecule has 5 heteroatoms. The predicted octanol–water partition coefficient (Wildman–Crippen LogP) is 3.16. The Hall–Kier alpha value is -3.18. The van der Waals surface area contributed by atoms with Crippen LogP contribution in [0.3, 0.4) is 0 Å². The third-order valence-electron chi connectivity index (χ3n) is 4.35. The summed E-state index contributed by atoms with van der Waals surface area (Å²) >= 11 is 0. The number of primary amides is 1. The van der Waals surface area contributed by atoms with Crippen LogP contribution in [0.2, 0.25) is 0 Å². The van der Waals surface area contributed by atoms with Crippen LogP contribution in [-0.2, 0) is 16.1 Å².